The zero-order chi connectivity index (χ0) is 29.8. The van der Waals surface area contributed by atoms with Gasteiger partial charge in [0.15, 0.2) is 0 Å². The molecule has 0 saturated carbocycles. The number of quaternary nitrogens is 1. The highest BCUT2D eigenvalue weighted by Gasteiger charge is 2.22. The summed E-state index contributed by atoms with van der Waals surface area (Å²) in [5.74, 6) is 0.591. The van der Waals surface area contributed by atoms with E-state index in [1.165, 1.54) is 88.2 Å². The van der Waals surface area contributed by atoms with Crippen LogP contribution in [0.3, 0.4) is 0 Å². The predicted octanol–water partition coefficient (Wildman–Crippen LogP) is 9.54. The van der Waals surface area contributed by atoms with Crippen LogP contribution in [0.5, 0.6) is 5.75 Å². The van der Waals surface area contributed by atoms with Crippen LogP contribution in [0.4, 0.5) is 0 Å². The third-order valence-electron chi connectivity index (χ3n) is 8.04. The van der Waals surface area contributed by atoms with Crippen LogP contribution in [0.15, 0.2) is 54.6 Å². The molecule has 0 aromatic heterocycles. The van der Waals surface area contributed by atoms with Crippen molar-refractivity contribution in [1.82, 2.24) is 0 Å². The number of rotatable bonds is 23. The normalized spacial score (nSPS) is 13.1. The van der Waals surface area contributed by atoms with E-state index < -0.39 is 0 Å². The molecule has 0 heterocycles. The van der Waals surface area contributed by atoms with E-state index in [9.17, 15) is 4.79 Å². The maximum absolute atomic E-state index is 12.6. The Morgan fingerprint density at radius 2 is 1.34 bits per heavy atom. The fourth-order valence-electron chi connectivity index (χ4n) is 5.37. The molecule has 2 rings (SSSR count). The molecule has 0 saturated heterocycles. The smallest absolute Gasteiger partial charge is 0.309 e. The first-order chi connectivity index (χ1) is 19.8. The van der Waals surface area contributed by atoms with Crippen LogP contribution in [-0.4, -0.2) is 43.8 Å². The largest absolute Gasteiger partial charge is 0.487 e. The molecule has 0 bridgehead atoms. The monoisotopic (exact) mass is 566 g/mol. The Hall–Kier alpha value is -2.33. The van der Waals surface area contributed by atoms with Crippen molar-refractivity contribution < 1.29 is 18.8 Å². The Balaban J connectivity index is 1.57. The summed E-state index contributed by atoms with van der Waals surface area (Å²) in [5, 5.41) is 0. The summed E-state index contributed by atoms with van der Waals surface area (Å²) in [7, 11) is 4.43. The summed E-state index contributed by atoms with van der Waals surface area (Å²) < 4.78 is 12.6. The van der Waals surface area contributed by atoms with Gasteiger partial charge in [0.2, 0.25) is 0 Å². The summed E-state index contributed by atoms with van der Waals surface area (Å²) >= 11 is 0. The summed E-state index contributed by atoms with van der Waals surface area (Å²) in [6, 6.07) is 18.9. The van der Waals surface area contributed by atoms with E-state index in [-0.39, 0.29) is 24.6 Å². The molecule has 2 aromatic rings. The summed E-state index contributed by atoms with van der Waals surface area (Å²) in [4.78, 5) is 12.6. The summed E-state index contributed by atoms with van der Waals surface area (Å²) in [6.45, 7) is 8.36. The van der Waals surface area contributed by atoms with Crippen LogP contribution >= 0.6 is 0 Å². The number of hydrogen-bond donors (Lipinski definition) is 0. The zero-order valence-electron chi connectivity index (χ0n) is 27.0. The molecule has 2 atom stereocenters. The van der Waals surface area contributed by atoms with E-state index in [1.54, 1.807) is 0 Å². The number of hydrogen-bond acceptors (Lipinski definition) is 3. The molecule has 2 unspecified atom stereocenters. The minimum Gasteiger partial charge on any atom is -0.487 e. The van der Waals surface area contributed by atoms with Gasteiger partial charge in [-0.2, -0.15) is 0 Å². The zero-order valence-corrected chi connectivity index (χ0v) is 27.0. The number of esters is 1. The van der Waals surface area contributed by atoms with Crippen molar-refractivity contribution in [3.8, 4) is 5.75 Å². The van der Waals surface area contributed by atoms with Crippen LogP contribution in [0.2, 0.25) is 0 Å². The highest BCUT2D eigenvalue weighted by atomic mass is 16.6. The molecule has 0 radical (unpaired) electrons. The lowest BCUT2D eigenvalue weighted by Crippen LogP contribution is -2.40. The number of ether oxygens (including phenoxy) is 2. The second-order valence-corrected chi connectivity index (χ2v) is 12.8. The van der Waals surface area contributed by atoms with Crippen LogP contribution in [0.1, 0.15) is 115 Å². The van der Waals surface area contributed by atoms with E-state index >= 15 is 0 Å². The number of benzene rings is 2. The average Bonchev–Trinajstić information content (AvgIpc) is 2.95. The Kier molecular flexibility index (Phi) is 17.5. The van der Waals surface area contributed by atoms with Gasteiger partial charge in [0.1, 0.15) is 25.0 Å². The van der Waals surface area contributed by atoms with Crippen LogP contribution in [0, 0.1) is 5.92 Å². The van der Waals surface area contributed by atoms with E-state index in [0.717, 1.165) is 36.2 Å². The molecule has 230 valence electrons. The third kappa shape index (κ3) is 16.6. The first-order valence-electron chi connectivity index (χ1n) is 16.6. The molecular formula is C37H60NO3+. The SMILES string of the molecule is CCCCCCCCCCCCCCc1cccc(OC(C)COC(=O)C(C)CC[N+](C)(C)Cc2ccccc2)c1. The highest BCUT2D eigenvalue weighted by molar-refractivity contribution is 5.71. The second-order valence-electron chi connectivity index (χ2n) is 12.8. The number of carbonyl (C=O) groups is 1. The van der Waals surface area contributed by atoms with Crippen LogP contribution < -0.4 is 4.74 Å². The summed E-state index contributed by atoms with van der Waals surface area (Å²) in [5.41, 5.74) is 2.64. The Morgan fingerprint density at radius 1 is 0.756 bits per heavy atom. The molecule has 0 aliphatic carbocycles. The fraction of sp³-hybridized carbons (Fsp3) is 0.649. The van der Waals surface area contributed by atoms with E-state index in [4.69, 9.17) is 9.47 Å². The van der Waals surface area contributed by atoms with E-state index in [2.05, 4.69) is 63.5 Å². The van der Waals surface area contributed by atoms with Crippen LogP contribution in [0.25, 0.3) is 0 Å². The Morgan fingerprint density at radius 3 is 1.98 bits per heavy atom. The maximum atomic E-state index is 12.6. The van der Waals surface area contributed by atoms with Gasteiger partial charge in [0, 0.05) is 12.0 Å². The number of carbonyl (C=O) groups excluding carboxylic acids is 1. The molecule has 0 amide bonds. The molecule has 0 aliphatic rings. The lowest BCUT2D eigenvalue weighted by molar-refractivity contribution is -0.904. The lowest BCUT2D eigenvalue weighted by Gasteiger charge is -2.30. The molecule has 0 spiro atoms. The molecule has 4 heteroatoms. The number of aryl methyl sites for hydroxylation is 1. The van der Waals surface area contributed by atoms with Crippen molar-refractivity contribution in [2.45, 2.75) is 123 Å². The highest BCUT2D eigenvalue weighted by Crippen LogP contribution is 2.19. The van der Waals surface area contributed by atoms with Crippen LogP contribution in [-0.2, 0) is 22.5 Å². The second kappa shape index (κ2) is 20.5. The minimum atomic E-state index is -0.182. The van der Waals surface area contributed by atoms with Gasteiger partial charge in [-0.05, 0) is 37.5 Å². The number of nitrogens with zero attached hydrogens (tertiary/aromatic N) is 1. The van der Waals surface area contributed by atoms with Gasteiger partial charge in [-0.3, -0.25) is 4.79 Å². The van der Waals surface area contributed by atoms with Crippen molar-refractivity contribution in [1.29, 1.82) is 0 Å². The Bertz CT molecular complexity index is 942. The quantitative estimate of drug-likeness (QED) is 0.0763. The molecule has 41 heavy (non-hydrogen) atoms. The fourth-order valence-corrected chi connectivity index (χ4v) is 5.37. The van der Waals surface area contributed by atoms with Gasteiger partial charge in [0.25, 0.3) is 0 Å². The lowest BCUT2D eigenvalue weighted by atomic mass is 10.0. The van der Waals surface area contributed by atoms with Gasteiger partial charge >= 0.3 is 5.97 Å². The first-order valence-corrected chi connectivity index (χ1v) is 16.6. The molecule has 2 aromatic carbocycles. The molecule has 0 aliphatic heterocycles. The molecular weight excluding hydrogens is 506 g/mol. The predicted molar refractivity (Wildman–Crippen MR) is 173 cm³/mol. The van der Waals surface area contributed by atoms with Crippen molar-refractivity contribution in [2.24, 2.45) is 5.92 Å². The van der Waals surface area contributed by atoms with E-state index in [1.807, 2.05) is 26.0 Å². The molecule has 4 nitrogen and oxygen atoms in total. The van der Waals surface area contributed by atoms with Gasteiger partial charge < -0.3 is 14.0 Å². The number of unbranched alkanes of at least 4 members (excludes halogenated alkanes) is 11. The van der Waals surface area contributed by atoms with Gasteiger partial charge in [0.05, 0.1) is 26.6 Å². The van der Waals surface area contributed by atoms with Gasteiger partial charge in [-0.15, -0.1) is 0 Å². The first kappa shape index (κ1) is 34.9. The standard InChI is InChI=1S/C37H60NO3/c1-6-7-8-9-10-11-12-13-14-15-16-18-22-34-25-21-26-36(29-34)41-33(3)31-40-37(39)32(2)27-28-38(4,5)30-35-23-19-17-20-24-35/h17,19-21,23-26,29,32-33H,6-16,18,22,27-28,30-31H2,1-5H3/q+1. The topological polar surface area (TPSA) is 35.5 Å². The Labute approximate surface area is 252 Å². The minimum absolute atomic E-state index is 0.130. The molecule has 0 fully saturated rings. The average molecular weight is 567 g/mol. The molecule has 0 N–H and O–H groups in total. The van der Waals surface area contributed by atoms with Crippen molar-refractivity contribution in [3.05, 3.63) is 65.7 Å². The van der Waals surface area contributed by atoms with E-state index in [0.29, 0.717) is 0 Å². The van der Waals surface area contributed by atoms with Gasteiger partial charge in [-0.25, -0.2) is 0 Å². The van der Waals surface area contributed by atoms with Gasteiger partial charge in [-0.1, -0.05) is 127 Å². The van der Waals surface area contributed by atoms with Crippen molar-refractivity contribution >= 4 is 5.97 Å². The third-order valence-corrected chi connectivity index (χ3v) is 8.04. The van der Waals surface area contributed by atoms with Crippen molar-refractivity contribution in [3.63, 3.8) is 0 Å². The summed E-state index contributed by atoms with van der Waals surface area (Å²) in [6.07, 6.45) is 18.2. The maximum Gasteiger partial charge on any atom is 0.309 e. The van der Waals surface area contributed by atoms with Crippen molar-refractivity contribution in [2.75, 3.05) is 27.2 Å².